The zero-order chi connectivity index (χ0) is 14.9. The average Bonchev–Trinajstić information content (AvgIpc) is 2.69. The lowest BCUT2D eigenvalue weighted by Crippen LogP contribution is -2.02. The number of aromatic amines is 1. The molecule has 0 unspecified atom stereocenters. The largest absolute Gasteiger partial charge is 0.481 e. The number of benzene rings is 1. The molecule has 5 heteroatoms. The summed E-state index contributed by atoms with van der Waals surface area (Å²) in [7, 11) is 0. The molecule has 0 aliphatic heterocycles. The van der Waals surface area contributed by atoms with Gasteiger partial charge in [0.2, 0.25) is 0 Å². The van der Waals surface area contributed by atoms with Crippen molar-refractivity contribution in [2.45, 2.75) is 33.1 Å². The molecule has 2 N–H and O–H groups in total. The Hall–Kier alpha value is -1.62. The van der Waals surface area contributed by atoms with Crippen LogP contribution in [0.15, 0.2) is 22.9 Å². The second-order valence-corrected chi connectivity index (χ2v) is 5.91. The number of rotatable bonds is 4. The molecule has 0 aliphatic carbocycles. The molecule has 20 heavy (non-hydrogen) atoms. The molecule has 0 amide bonds. The van der Waals surface area contributed by atoms with Crippen LogP contribution in [0, 0.1) is 6.92 Å². The summed E-state index contributed by atoms with van der Waals surface area (Å²) >= 11 is 3.28. The molecule has 0 fully saturated rings. The van der Waals surface area contributed by atoms with Crippen LogP contribution in [0.1, 0.15) is 36.6 Å². The number of hydrogen-bond acceptors (Lipinski definition) is 2. The summed E-state index contributed by atoms with van der Waals surface area (Å²) in [5.41, 5.74) is 4.60. The highest BCUT2D eigenvalue weighted by Crippen LogP contribution is 2.30. The van der Waals surface area contributed by atoms with Crippen LogP contribution in [0.3, 0.4) is 0 Å². The fourth-order valence-corrected chi connectivity index (χ4v) is 2.55. The number of carboxylic acid groups (broad SMARTS) is 1. The molecule has 0 aliphatic rings. The van der Waals surface area contributed by atoms with E-state index in [2.05, 4.69) is 57.9 Å². The lowest BCUT2D eigenvalue weighted by atomic mass is 9.95. The third-order valence-electron chi connectivity index (χ3n) is 3.26. The molecule has 1 aromatic heterocycles. The van der Waals surface area contributed by atoms with Gasteiger partial charge in [-0.1, -0.05) is 26.0 Å². The highest BCUT2D eigenvalue weighted by Gasteiger charge is 2.16. The quantitative estimate of drug-likeness (QED) is 0.889. The van der Waals surface area contributed by atoms with E-state index in [1.807, 2.05) is 6.92 Å². The summed E-state index contributed by atoms with van der Waals surface area (Å²) in [6, 6.07) is 6.24. The molecule has 1 heterocycles. The van der Waals surface area contributed by atoms with Crippen LogP contribution in [-0.2, 0) is 11.2 Å². The van der Waals surface area contributed by atoms with Crippen molar-refractivity contribution in [1.82, 2.24) is 9.97 Å². The number of halogens is 1. The first-order chi connectivity index (χ1) is 9.38. The Kier molecular flexibility index (Phi) is 4.28. The van der Waals surface area contributed by atoms with Crippen molar-refractivity contribution >= 4 is 21.9 Å². The number of aryl methyl sites for hydroxylation is 1. The van der Waals surface area contributed by atoms with Crippen LogP contribution in [-0.4, -0.2) is 21.0 Å². The second kappa shape index (κ2) is 5.79. The number of nitrogens with zero attached hydrogens (tertiary/aromatic N) is 1. The van der Waals surface area contributed by atoms with E-state index >= 15 is 0 Å². The van der Waals surface area contributed by atoms with Gasteiger partial charge >= 0.3 is 5.97 Å². The molecule has 0 saturated heterocycles. The van der Waals surface area contributed by atoms with Crippen LogP contribution < -0.4 is 0 Å². The van der Waals surface area contributed by atoms with E-state index in [0.29, 0.717) is 22.0 Å². The Labute approximate surface area is 126 Å². The van der Waals surface area contributed by atoms with Gasteiger partial charge in [-0.05, 0) is 46.0 Å². The Morgan fingerprint density at radius 3 is 2.75 bits per heavy atom. The van der Waals surface area contributed by atoms with E-state index in [-0.39, 0.29) is 6.42 Å². The van der Waals surface area contributed by atoms with Crippen molar-refractivity contribution in [1.29, 1.82) is 0 Å². The van der Waals surface area contributed by atoms with Gasteiger partial charge in [-0.15, -0.1) is 0 Å². The number of carbonyl (C=O) groups is 1. The number of nitrogens with one attached hydrogen (secondary N) is 1. The maximum atomic E-state index is 11.0. The highest BCUT2D eigenvalue weighted by molar-refractivity contribution is 9.10. The monoisotopic (exact) mass is 336 g/mol. The number of imidazole rings is 1. The minimum absolute atomic E-state index is 0.0702. The van der Waals surface area contributed by atoms with Crippen LogP contribution in [0.4, 0.5) is 0 Å². The number of aromatic nitrogens is 2. The molecule has 0 saturated carbocycles. The molecule has 106 valence electrons. The van der Waals surface area contributed by atoms with Crippen LogP contribution in [0.25, 0.3) is 11.3 Å². The average molecular weight is 337 g/mol. The maximum Gasteiger partial charge on any atom is 0.309 e. The lowest BCUT2D eigenvalue weighted by molar-refractivity contribution is -0.136. The summed E-state index contributed by atoms with van der Waals surface area (Å²) in [5.74, 6) is -0.459. The molecule has 1 aromatic carbocycles. The topological polar surface area (TPSA) is 66.0 Å². The van der Waals surface area contributed by atoms with E-state index in [1.165, 1.54) is 5.56 Å². The van der Waals surface area contributed by atoms with Crippen molar-refractivity contribution < 1.29 is 9.90 Å². The fraction of sp³-hybridized carbons (Fsp3) is 0.333. The summed E-state index contributed by atoms with van der Waals surface area (Å²) in [6.07, 6.45) is -0.0702. The zero-order valence-corrected chi connectivity index (χ0v) is 13.3. The Morgan fingerprint density at radius 1 is 1.45 bits per heavy atom. The molecule has 4 nitrogen and oxygen atoms in total. The van der Waals surface area contributed by atoms with E-state index in [4.69, 9.17) is 5.11 Å². The normalized spacial score (nSPS) is 11.1. The van der Waals surface area contributed by atoms with Gasteiger partial charge in [-0.3, -0.25) is 4.79 Å². The van der Waals surface area contributed by atoms with E-state index in [0.717, 1.165) is 11.1 Å². The van der Waals surface area contributed by atoms with Crippen LogP contribution >= 0.6 is 15.9 Å². The van der Waals surface area contributed by atoms with Crippen LogP contribution in [0.2, 0.25) is 0 Å². The van der Waals surface area contributed by atoms with Gasteiger partial charge < -0.3 is 10.1 Å². The first kappa shape index (κ1) is 14.8. The molecule has 0 radical (unpaired) electrons. The van der Waals surface area contributed by atoms with Crippen molar-refractivity contribution in [2.75, 3.05) is 0 Å². The molecular weight excluding hydrogens is 320 g/mol. The molecule has 0 atom stereocenters. The van der Waals surface area contributed by atoms with E-state index in [9.17, 15) is 4.79 Å². The second-order valence-electron chi connectivity index (χ2n) is 5.15. The number of H-pyrrole nitrogens is 1. The van der Waals surface area contributed by atoms with E-state index < -0.39 is 5.97 Å². The third kappa shape index (κ3) is 3.10. The minimum atomic E-state index is -0.875. The van der Waals surface area contributed by atoms with Crippen LogP contribution in [0.5, 0.6) is 0 Å². The van der Waals surface area contributed by atoms with Crippen molar-refractivity contribution in [3.63, 3.8) is 0 Å². The smallest absolute Gasteiger partial charge is 0.309 e. The predicted octanol–water partition coefficient (Wildman–Crippen LogP) is 3.90. The van der Waals surface area contributed by atoms with Gasteiger partial charge in [0.1, 0.15) is 0 Å². The van der Waals surface area contributed by atoms with Gasteiger partial charge in [0, 0.05) is 5.56 Å². The molecule has 0 bridgehead atoms. The summed E-state index contributed by atoms with van der Waals surface area (Å²) < 4.78 is 0.554. The highest BCUT2D eigenvalue weighted by atomic mass is 79.9. The van der Waals surface area contributed by atoms with E-state index in [1.54, 1.807) is 0 Å². The van der Waals surface area contributed by atoms with Gasteiger partial charge in [0.25, 0.3) is 0 Å². The third-order valence-corrected chi connectivity index (χ3v) is 3.64. The number of carboxylic acids is 1. The van der Waals surface area contributed by atoms with Crippen molar-refractivity contribution in [3.8, 4) is 11.3 Å². The summed E-state index contributed by atoms with van der Waals surface area (Å²) in [5, 5.41) is 9.00. The van der Waals surface area contributed by atoms with Gasteiger partial charge in [-0.25, -0.2) is 4.98 Å². The number of hydrogen-bond donors (Lipinski definition) is 2. The first-order valence-corrected chi connectivity index (χ1v) is 7.25. The number of aliphatic carboxylic acids is 1. The predicted molar refractivity (Wildman–Crippen MR) is 81.9 cm³/mol. The Bertz CT molecular complexity index is 647. The first-order valence-electron chi connectivity index (χ1n) is 6.45. The van der Waals surface area contributed by atoms with Crippen molar-refractivity contribution in [2.24, 2.45) is 0 Å². The minimum Gasteiger partial charge on any atom is -0.481 e. The standard InChI is InChI=1S/C15H17BrN2O2/c1-8(2)10-5-4-9(3)11(6-10)14-12(7-13(19)20)17-15(16)18-14/h4-6,8H,7H2,1-3H3,(H,17,18)(H,19,20). The van der Waals surface area contributed by atoms with Gasteiger partial charge in [-0.2, -0.15) is 0 Å². The Balaban J connectivity index is 2.55. The van der Waals surface area contributed by atoms with Crippen molar-refractivity contribution in [3.05, 3.63) is 39.8 Å². The molecule has 0 spiro atoms. The van der Waals surface area contributed by atoms with Gasteiger partial charge in [0.05, 0.1) is 17.8 Å². The lowest BCUT2D eigenvalue weighted by Gasteiger charge is -2.11. The molecule has 2 rings (SSSR count). The molecule has 2 aromatic rings. The summed E-state index contributed by atoms with van der Waals surface area (Å²) in [4.78, 5) is 18.3. The maximum absolute atomic E-state index is 11.0. The fourth-order valence-electron chi connectivity index (χ4n) is 2.13. The Morgan fingerprint density at radius 2 is 2.15 bits per heavy atom. The SMILES string of the molecule is Cc1ccc(C(C)C)cc1-c1nc(Br)[nH]c1CC(=O)O. The molecular formula is C15H17BrN2O2. The zero-order valence-electron chi connectivity index (χ0n) is 11.7. The van der Waals surface area contributed by atoms with Gasteiger partial charge in [0.15, 0.2) is 4.73 Å². The summed E-state index contributed by atoms with van der Waals surface area (Å²) in [6.45, 7) is 6.27.